The molecule has 0 aliphatic carbocycles. The fourth-order valence-electron chi connectivity index (χ4n) is 2.05. The zero-order chi connectivity index (χ0) is 14.2. The lowest BCUT2D eigenvalue weighted by molar-refractivity contribution is 0.464. The summed E-state index contributed by atoms with van der Waals surface area (Å²) in [5, 5.41) is 8.96. The van der Waals surface area contributed by atoms with E-state index in [1.807, 2.05) is 13.0 Å². The van der Waals surface area contributed by atoms with Crippen LogP contribution >= 0.6 is 11.6 Å². The van der Waals surface area contributed by atoms with Crippen molar-refractivity contribution in [1.82, 2.24) is 4.31 Å². The quantitative estimate of drug-likeness (QED) is 0.888. The summed E-state index contributed by atoms with van der Waals surface area (Å²) < 4.78 is 26.3. The molecule has 102 valence electrons. The molecule has 1 aliphatic heterocycles. The van der Waals surface area contributed by atoms with Gasteiger partial charge in [0.1, 0.15) is 4.90 Å². The molecule has 5 nitrogen and oxygen atoms in total. The first kappa shape index (κ1) is 14.3. The van der Waals surface area contributed by atoms with Crippen LogP contribution in [0, 0.1) is 17.2 Å². The van der Waals surface area contributed by atoms with E-state index in [0.29, 0.717) is 6.54 Å². The van der Waals surface area contributed by atoms with E-state index in [9.17, 15) is 8.42 Å². The van der Waals surface area contributed by atoms with Gasteiger partial charge in [-0.3, -0.25) is 0 Å². The summed E-state index contributed by atoms with van der Waals surface area (Å²) in [6.07, 6.45) is 0. The Morgan fingerprint density at radius 3 is 2.68 bits per heavy atom. The van der Waals surface area contributed by atoms with Crippen LogP contribution in [0.25, 0.3) is 0 Å². The fourth-order valence-corrected chi connectivity index (χ4v) is 4.13. The lowest BCUT2D eigenvalue weighted by Crippen LogP contribution is -2.32. The van der Waals surface area contributed by atoms with E-state index in [-0.39, 0.29) is 34.0 Å². The molecule has 0 aromatic heterocycles. The van der Waals surface area contributed by atoms with Crippen LogP contribution in [0.1, 0.15) is 12.5 Å². The molecule has 7 heteroatoms. The highest BCUT2D eigenvalue weighted by Crippen LogP contribution is 2.29. The second kappa shape index (κ2) is 5.10. The number of nitriles is 1. The van der Waals surface area contributed by atoms with Crippen LogP contribution in [0.5, 0.6) is 0 Å². The Morgan fingerprint density at radius 1 is 1.47 bits per heavy atom. The summed E-state index contributed by atoms with van der Waals surface area (Å²) in [4.78, 5) is -0.0329. The van der Waals surface area contributed by atoms with E-state index in [0.717, 1.165) is 0 Å². The Morgan fingerprint density at radius 2 is 2.16 bits per heavy atom. The smallest absolute Gasteiger partial charge is 0.244 e. The maximum Gasteiger partial charge on any atom is 0.244 e. The van der Waals surface area contributed by atoms with Gasteiger partial charge in [0.25, 0.3) is 0 Å². The SMILES string of the molecule is CC1CN(S(=O)(=O)c2cc(C#N)ccc2Cl)CC1N. The average molecular weight is 300 g/mol. The van der Waals surface area contributed by atoms with Crippen molar-refractivity contribution in [2.24, 2.45) is 11.7 Å². The number of nitrogens with two attached hydrogens (primary N) is 1. The zero-order valence-electron chi connectivity index (χ0n) is 10.4. The molecule has 1 heterocycles. The van der Waals surface area contributed by atoms with Gasteiger partial charge in [0.2, 0.25) is 10.0 Å². The third-order valence-electron chi connectivity index (χ3n) is 3.32. The van der Waals surface area contributed by atoms with Crippen LogP contribution in [0.4, 0.5) is 0 Å². The fraction of sp³-hybridized carbons (Fsp3) is 0.417. The molecule has 0 radical (unpaired) electrons. The van der Waals surface area contributed by atoms with Gasteiger partial charge in [0, 0.05) is 19.1 Å². The highest BCUT2D eigenvalue weighted by molar-refractivity contribution is 7.89. The lowest BCUT2D eigenvalue weighted by atomic mass is 10.1. The Balaban J connectivity index is 2.43. The molecule has 1 aromatic carbocycles. The van der Waals surface area contributed by atoms with E-state index in [4.69, 9.17) is 22.6 Å². The van der Waals surface area contributed by atoms with Gasteiger partial charge < -0.3 is 5.73 Å². The normalized spacial score (nSPS) is 24.3. The van der Waals surface area contributed by atoms with E-state index in [1.165, 1.54) is 22.5 Å². The number of benzene rings is 1. The van der Waals surface area contributed by atoms with Crippen LogP contribution in [0.2, 0.25) is 5.02 Å². The molecule has 2 rings (SSSR count). The Kier molecular flexibility index (Phi) is 3.83. The highest BCUT2D eigenvalue weighted by atomic mass is 35.5. The van der Waals surface area contributed by atoms with Crippen molar-refractivity contribution in [2.45, 2.75) is 17.9 Å². The van der Waals surface area contributed by atoms with Crippen LogP contribution in [0.15, 0.2) is 23.1 Å². The maximum atomic E-state index is 12.5. The third-order valence-corrected chi connectivity index (χ3v) is 5.63. The standard InChI is InChI=1S/C12H14ClN3O2S/c1-8-6-16(7-11(8)15)19(17,18)12-4-9(5-14)2-3-10(12)13/h2-4,8,11H,6-7,15H2,1H3. The minimum atomic E-state index is -3.70. The number of hydrogen-bond acceptors (Lipinski definition) is 4. The number of hydrogen-bond donors (Lipinski definition) is 1. The molecule has 1 aromatic rings. The van der Waals surface area contributed by atoms with Gasteiger partial charge in [-0.2, -0.15) is 9.57 Å². The van der Waals surface area contributed by atoms with Gasteiger partial charge >= 0.3 is 0 Å². The zero-order valence-corrected chi connectivity index (χ0v) is 11.9. The number of nitrogens with zero attached hydrogens (tertiary/aromatic N) is 2. The van der Waals surface area contributed by atoms with Crippen molar-refractivity contribution in [2.75, 3.05) is 13.1 Å². The molecule has 1 aliphatic rings. The Hall–Kier alpha value is -1.13. The predicted octanol–water partition coefficient (Wildman–Crippen LogP) is 1.18. The maximum absolute atomic E-state index is 12.5. The molecule has 2 atom stereocenters. The monoisotopic (exact) mass is 299 g/mol. The summed E-state index contributed by atoms with van der Waals surface area (Å²) in [6, 6.07) is 5.94. The molecule has 0 saturated carbocycles. The first-order chi connectivity index (χ1) is 8.86. The molecule has 19 heavy (non-hydrogen) atoms. The molecule has 0 bridgehead atoms. The van der Waals surface area contributed by atoms with Crippen molar-refractivity contribution in [3.05, 3.63) is 28.8 Å². The van der Waals surface area contributed by atoms with Gasteiger partial charge in [0.05, 0.1) is 16.7 Å². The molecule has 2 N–H and O–H groups in total. The number of sulfonamides is 1. The van der Waals surface area contributed by atoms with Crippen molar-refractivity contribution < 1.29 is 8.42 Å². The van der Waals surface area contributed by atoms with E-state index in [1.54, 1.807) is 0 Å². The highest BCUT2D eigenvalue weighted by Gasteiger charge is 2.36. The summed E-state index contributed by atoms with van der Waals surface area (Å²) in [5.74, 6) is 0.104. The van der Waals surface area contributed by atoms with Crippen molar-refractivity contribution in [3.63, 3.8) is 0 Å². The van der Waals surface area contributed by atoms with E-state index < -0.39 is 10.0 Å². The van der Waals surface area contributed by atoms with Gasteiger partial charge in [-0.25, -0.2) is 8.42 Å². The minimum Gasteiger partial charge on any atom is -0.326 e. The third kappa shape index (κ3) is 2.60. The molecule has 1 fully saturated rings. The van der Waals surface area contributed by atoms with E-state index in [2.05, 4.69) is 0 Å². The average Bonchev–Trinajstić information content (AvgIpc) is 2.71. The van der Waals surface area contributed by atoms with E-state index >= 15 is 0 Å². The number of halogens is 1. The van der Waals surface area contributed by atoms with Gasteiger partial charge in [0.15, 0.2) is 0 Å². The summed E-state index contributed by atoms with van der Waals surface area (Å²) >= 11 is 5.94. The summed E-state index contributed by atoms with van der Waals surface area (Å²) in [5.41, 5.74) is 6.11. The number of rotatable bonds is 2. The molecule has 0 spiro atoms. The first-order valence-electron chi connectivity index (χ1n) is 5.81. The topological polar surface area (TPSA) is 87.2 Å². The van der Waals surface area contributed by atoms with Gasteiger partial charge in [-0.1, -0.05) is 18.5 Å². The summed E-state index contributed by atoms with van der Waals surface area (Å²) in [7, 11) is -3.70. The molecule has 1 saturated heterocycles. The molecule has 0 amide bonds. The van der Waals surface area contributed by atoms with Gasteiger partial charge in [-0.05, 0) is 24.1 Å². The lowest BCUT2D eigenvalue weighted by Gasteiger charge is -2.17. The second-order valence-electron chi connectivity index (χ2n) is 4.72. The van der Waals surface area contributed by atoms with Crippen LogP contribution in [-0.4, -0.2) is 31.9 Å². The van der Waals surface area contributed by atoms with Crippen molar-refractivity contribution in [1.29, 1.82) is 5.26 Å². The molecular weight excluding hydrogens is 286 g/mol. The van der Waals surface area contributed by atoms with Crippen LogP contribution in [0.3, 0.4) is 0 Å². The molecular formula is C12H14ClN3O2S. The first-order valence-corrected chi connectivity index (χ1v) is 7.63. The second-order valence-corrected chi connectivity index (χ2v) is 7.03. The Labute approximate surface area is 117 Å². The van der Waals surface area contributed by atoms with Crippen molar-refractivity contribution >= 4 is 21.6 Å². The minimum absolute atomic E-state index is 0.0329. The Bertz CT molecular complexity index is 629. The predicted molar refractivity (Wildman–Crippen MR) is 72.1 cm³/mol. The largest absolute Gasteiger partial charge is 0.326 e. The van der Waals surface area contributed by atoms with Crippen molar-refractivity contribution in [3.8, 4) is 6.07 Å². The summed E-state index contributed by atoms with van der Waals surface area (Å²) in [6.45, 7) is 2.56. The van der Waals surface area contributed by atoms with Crippen LogP contribution in [-0.2, 0) is 10.0 Å². The van der Waals surface area contributed by atoms with Gasteiger partial charge in [-0.15, -0.1) is 0 Å². The molecule has 2 unspecified atom stereocenters. The van der Waals surface area contributed by atoms with Crippen LogP contribution < -0.4 is 5.73 Å².